The molecule has 98 valence electrons. The lowest BCUT2D eigenvalue weighted by Gasteiger charge is -2.10. The van der Waals surface area contributed by atoms with Gasteiger partial charge in [-0.15, -0.1) is 0 Å². The summed E-state index contributed by atoms with van der Waals surface area (Å²) in [5.41, 5.74) is 3.73. The van der Waals surface area contributed by atoms with Gasteiger partial charge in [-0.3, -0.25) is 0 Å². The lowest BCUT2D eigenvalue weighted by Crippen LogP contribution is -2.13. The van der Waals surface area contributed by atoms with E-state index in [1.165, 1.54) is 11.1 Å². The van der Waals surface area contributed by atoms with Crippen LogP contribution < -0.4 is 10.1 Å². The second-order valence-corrected chi connectivity index (χ2v) is 4.98. The van der Waals surface area contributed by atoms with Crippen LogP contribution in [0.1, 0.15) is 16.7 Å². The van der Waals surface area contributed by atoms with Crippen LogP contribution in [0.5, 0.6) is 5.75 Å². The minimum Gasteiger partial charge on any atom is -0.478 e. The van der Waals surface area contributed by atoms with Gasteiger partial charge in [0.2, 0.25) is 0 Å². The zero-order valence-corrected chi connectivity index (χ0v) is 11.7. The lowest BCUT2D eigenvalue weighted by molar-refractivity contribution is 0.362. The molecule has 0 saturated carbocycles. The van der Waals surface area contributed by atoms with Gasteiger partial charge in [0, 0.05) is 18.7 Å². The first-order valence-electron chi connectivity index (χ1n) is 6.11. The van der Waals surface area contributed by atoms with Gasteiger partial charge in [-0.2, -0.15) is 16.6 Å². The lowest BCUT2D eigenvalue weighted by atomic mass is 10.2. The van der Waals surface area contributed by atoms with Crippen LogP contribution >= 0.6 is 11.3 Å². The molecule has 0 bridgehead atoms. The van der Waals surface area contributed by atoms with Crippen LogP contribution in [0.25, 0.3) is 0 Å². The molecule has 1 N–H and O–H groups in total. The number of nitrogens with zero attached hydrogens (tertiary/aromatic N) is 1. The first-order valence-corrected chi connectivity index (χ1v) is 7.05. The molecule has 1 aromatic carbocycles. The van der Waals surface area contributed by atoms with Gasteiger partial charge in [0.1, 0.15) is 11.8 Å². The molecule has 0 aliphatic rings. The molecule has 0 radical (unpaired) electrons. The Kier molecular flexibility index (Phi) is 4.96. The van der Waals surface area contributed by atoms with Crippen molar-refractivity contribution in [3.63, 3.8) is 0 Å². The minimum atomic E-state index is 0.0840. The standard InChI is InChI=1S/C15H16N2OS/c1-12-10-19-11-14(12)9-17-8-13-4-2-3-5-15(13)18-7-6-16/h2-5,10-11,17H,7-9H2,1H3. The molecule has 3 nitrogen and oxygen atoms in total. The third kappa shape index (κ3) is 3.82. The van der Waals surface area contributed by atoms with E-state index in [9.17, 15) is 0 Å². The number of rotatable bonds is 6. The van der Waals surface area contributed by atoms with E-state index in [-0.39, 0.29) is 6.61 Å². The molecule has 2 aromatic rings. The molecular formula is C15H16N2OS. The van der Waals surface area contributed by atoms with Crippen LogP contribution in [0.15, 0.2) is 35.0 Å². The van der Waals surface area contributed by atoms with Gasteiger partial charge in [0.05, 0.1) is 0 Å². The predicted octanol–water partition coefficient (Wildman–Crippen LogP) is 3.25. The van der Waals surface area contributed by atoms with Gasteiger partial charge >= 0.3 is 0 Å². The van der Waals surface area contributed by atoms with E-state index in [1.54, 1.807) is 11.3 Å². The third-order valence-electron chi connectivity index (χ3n) is 2.86. The molecule has 0 atom stereocenters. The highest BCUT2D eigenvalue weighted by Gasteiger charge is 2.03. The second kappa shape index (κ2) is 6.93. The van der Waals surface area contributed by atoms with Crippen molar-refractivity contribution in [2.45, 2.75) is 20.0 Å². The maximum Gasteiger partial charge on any atom is 0.174 e. The zero-order valence-electron chi connectivity index (χ0n) is 10.8. The van der Waals surface area contributed by atoms with E-state index in [0.29, 0.717) is 0 Å². The molecule has 0 spiro atoms. The highest BCUT2D eigenvalue weighted by molar-refractivity contribution is 7.08. The van der Waals surface area contributed by atoms with Crippen molar-refractivity contribution in [1.82, 2.24) is 5.32 Å². The van der Waals surface area contributed by atoms with Crippen molar-refractivity contribution in [2.75, 3.05) is 6.61 Å². The van der Waals surface area contributed by atoms with Gasteiger partial charge < -0.3 is 10.1 Å². The predicted molar refractivity (Wildman–Crippen MR) is 77.1 cm³/mol. The number of hydrogen-bond acceptors (Lipinski definition) is 4. The van der Waals surface area contributed by atoms with Gasteiger partial charge in [-0.1, -0.05) is 18.2 Å². The molecule has 1 heterocycles. The summed E-state index contributed by atoms with van der Waals surface area (Å²) in [7, 11) is 0. The van der Waals surface area contributed by atoms with Crippen LogP contribution in [0.3, 0.4) is 0 Å². The number of aryl methyl sites for hydroxylation is 1. The Morgan fingerprint density at radius 1 is 1.21 bits per heavy atom. The van der Waals surface area contributed by atoms with Crippen LogP contribution in [-0.4, -0.2) is 6.61 Å². The number of nitrogens with one attached hydrogen (secondary N) is 1. The first-order chi connectivity index (χ1) is 9.31. The van der Waals surface area contributed by atoms with Crippen molar-refractivity contribution < 1.29 is 4.74 Å². The van der Waals surface area contributed by atoms with E-state index < -0.39 is 0 Å². The number of benzene rings is 1. The van der Waals surface area contributed by atoms with E-state index in [4.69, 9.17) is 10.00 Å². The summed E-state index contributed by atoms with van der Waals surface area (Å²) in [6.07, 6.45) is 0. The highest BCUT2D eigenvalue weighted by atomic mass is 32.1. The molecule has 2 rings (SSSR count). The van der Waals surface area contributed by atoms with Gasteiger partial charge in [0.15, 0.2) is 6.61 Å². The maximum absolute atomic E-state index is 8.56. The van der Waals surface area contributed by atoms with E-state index in [0.717, 1.165) is 24.4 Å². The summed E-state index contributed by atoms with van der Waals surface area (Å²) < 4.78 is 5.40. The summed E-state index contributed by atoms with van der Waals surface area (Å²) in [6.45, 7) is 3.79. The molecular weight excluding hydrogens is 256 g/mol. The van der Waals surface area contributed by atoms with Gasteiger partial charge in [0.25, 0.3) is 0 Å². The van der Waals surface area contributed by atoms with E-state index in [2.05, 4.69) is 23.0 Å². The average Bonchev–Trinajstić information content (AvgIpc) is 2.83. The van der Waals surface area contributed by atoms with Crippen LogP contribution in [0.4, 0.5) is 0 Å². The van der Waals surface area contributed by atoms with Crippen molar-refractivity contribution in [3.8, 4) is 11.8 Å². The van der Waals surface area contributed by atoms with Crippen molar-refractivity contribution in [2.24, 2.45) is 0 Å². The van der Waals surface area contributed by atoms with Gasteiger partial charge in [-0.05, 0) is 34.9 Å². The number of para-hydroxylation sites is 1. The first kappa shape index (κ1) is 13.6. The summed E-state index contributed by atoms with van der Waals surface area (Å²) in [4.78, 5) is 0. The molecule has 0 aliphatic heterocycles. The summed E-state index contributed by atoms with van der Waals surface area (Å²) in [6, 6.07) is 9.79. The molecule has 0 aliphatic carbocycles. The highest BCUT2D eigenvalue weighted by Crippen LogP contribution is 2.18. The number of nitriles is 1. The number of hydrogen-bond donors (Lipinski definition) is 1. The Labute approximate surface area is 117 Å². The minimum absolute atomic E-state index is 0.0840. The summed E-state index contributed by atoms with van der Waals surface area (Å²) >= 11 is 1.73. The van der Waals surface area contributed by atoms with Crippen LogP contribution in [-0.2, 0) is 13.1 Å². The Balaban J connectivity index is 1.92. The molecule has 19 heavy (non-hydrogen) atoms. The van der Waals surface area contributed by atoms with E-state index >= 15 is 0 Å². The topological polar surface area (TPSA) is 45.0 Å². The Bertz CT molecular complexity index is 572. The smallest absolute Gasteiger partial charge is 0.174 e. The SMILES string of the molecule is Cc1cscc1CNCc1ccccc1OCC#N. The zero-order chi connectivity index (χ0) is 13.5. The van der Waals surface area contributed by atoms with Crippen LogP contribution in [0.2, 0.25) is 0 Å². The van der Waals surface area contributed by atoms with Gasteiger partial charge in [-0.25, -0.2) is 0 Å². The van der Waals surface area contributed by atoms with Crippen molar-refractivity contribution >= 4 is 11.3 Å². The molecule has 1 aromatic heterocycles. The fourth-order valence-corrected chi connectivity index (χ4v) is 2.66. The maximum atomic E-state index is 8.56. The average molecular weight is 272 g/mol. The largest absolute Gasteiger partial charge is 0.478 e. The third-order valence-corrected chi connectivity index (χ3v) is 3.77. The number of ether oxygens (including phenoxy) is 1. The molecule has 0 unspecified atom stereocenters. The van der Waals surface area contributed by atoms with Crippen LogP contribution in [0, 0.1) is 18.3 Å². The Hall–Kier alpha value is -1.83. The van der Waals surface area contributed by atoms with Crippen molar-refractivity contribution in [3.05, 3.63) is 51.7 Å². The summed E-state index contributed by atoms with van der Waals surface area (Å²) in [5.74, 6) is 0.776. The molecule has 4 heteroatoms. The normalized spacial score (nSPS) is 10.1. The van der Waals surface area contributed by atoms with Crippen molar-refractivity contribution in [1.29, 1.82) is 5.26 Å². The second-order valence-electron chi connectivity index (χ2n) is 4.24. The fraction of sp³-hybridized carbons (Fsp3) is 0.267. The number of thiophene rings is 1. The quantitative estimate of drug-likeness (QED) is 0.878. The summed E-state index contributed by atoms with van der Waals surface area (Å²) in [5, 5.41) is 16.3. The Morgan fingerprint density at radius 2 is 2.00 bits per heavy atom. The molecule has 0 amide bonds. The fourth-order valence-electron chi connectivity index (χ4n) is 1.80. The monoisotopic (exact) mass is 272 g/mol. The van der Waals surface area contributed by atoms with E-state index in [1.807, 2.05) is 30.3 Å². The molecule has 0 saturated heterocycles. The Morgan fingerprint density at radius 3 is 2.74 bits per heavy atom. The molecule has 0 fully saturated rings.